The lowest BCUT2D eigenvalue weighted by atomic mass is 10.1. The average Bonchev–Trinajstić information content (AvgIpc) is 3.12. The molecule has 0 bridgehead atoms. The van der Waals surface area contributed by atoms with Gasteiger partial charge in [0.25, 0.3) is 5.91 Å². The summed E-state index contributed by atoms with van der Waals surface area (Å²) in [6.07, 6.45) is 0. The Morgan fingerprint density at radius 2 is 1.84 bits per heavy atom. The topological polar surface area (TPSA) is 63.5 Å². The van der Waals surface area contributed by atoms with E-state index in [1.54, 1.807) is 28.8 Å². The van der Waals surface area contributed by atoms with Crippen LogP contribution < -0.4 is 4.90 Å². The van der Waals surface area contributed by atoms with Crippen LogP contribution in [0.5, 0.6) is 0 Å². The molecular weight excluding hydrogens is 414 g/mol. The van der Waals surface area contributed by atoms with Gasteiger partial charge in [-0.2, -0.15) is 5.10 Å². The minimum atomic E-state index is -0.231. The molecular formula is C23H26ClN5O2. The standard InChI is InChI=1S/C23H26ClN5O2/c1-16-14-17(2)29(26-16)21-9-8-20(24)22(25-21)23(30)27(3)15-18-4-6-19(7-5-18)28-10-12-31-13-11-28/h4-9,14H,10-13,15H2,1-3H3. The zero-order valence-electron chi connectivity index (χ0n) is 18.0. The van der Waals surface area contributed by atoms with Gasteiger partial charge in [-0.05, 0) is 49.7 Å². The molecule has 0 spiro atoms. The average molecular weight is 440 g/mol. The summed E-state index contributed by atoms with van der Waals surface area (Å²) in [4.78, 5) is 21.5. The zero-order chi connectivity index (χ0) is 22.0. The fourth-order valence-corrected chi connectivity index (χ4v) is 3.91. The molecule has 3 aromatic rings. The maximum atomic E-state index is 13.1. The fourth-order valence-electron chi connectivity index (χ4n) is 3.72. The van der Waals surface area contributed by atoms with Crippen LogP contribution in [0, 0.1) is 13.8 Å². The van der Waals surface area contributed by atoms with E-state index in [4.69, 9.17) is 16.3 Å². The minimum Gasteiger partial charge on any atom is -0.378 e. The first-order chi connectivity index (χ1) is 14.9. The van der Waals surface area contributed by atoms with E-state index in [2.05, 4.69) is 39.2 Å². The minimum absolute atomic E-state index is 0.221. The summed E-state index contributed by atoms with van der Waals surface area (Å²) in [5, 5.41) is 4.77. The number of ether oxygens (including phenoxy) is 1. The van der Waals surface area contributed by atoms with Crippen molar-refractivity contribution in [3.8, 4) is 5.82 Å². The number of hydrogen-bond donors (Lipinski definition) is 0. The van der Waals surface area contributed by atoms with Gasteiger partial charge in [0.1, 0.15) is 5.69 Å². The number of aryl methyl sites for hydroxylation is 2. The SMILES string of the molecule is Cc1cc(C)n(-c2ccc(Cl)c(C(=O)N(C)Cc3ccc(N4CCOCC4)cc3)n2)n1. The number of morpholine rings is 1. The predicted octanol–water partition coefficient (Wildman–Crippen LogP) is 3.65. The third kappa shape index (κ3) is 4.73. The van der Waals surface area contributed by atoms with Crippen molar-refractivity contribution in [3.63, 3.8) is 0 Å². The molecule has 31 heavy (non-hydrogen) atoms. The molecule has 1 aromatic carbocycles. The summed E-state index contributed by atoms with van der Waals surface area (Å²) in [5.41, 5.74) is 4.26. The molecule has 0 atom stereocenters. The van der Waals surface area contributed by atoms with Gasteiger partial charge in [-0.15, -0.1) is 0 Å². The van der Waals surface area contributed by atoms with Gasteiger partial charge in [0.15, 0.2) is 5.82 Å². The molecule has 0 aliphatic carbocycles. The highest BCUT2D eigenvalue weighted by molar-refractivity contribution is 6.33. The van der Waals surface area contributed by atoms with Crippen LogP contribution in [0.4, 0.5) is 5.69 Å². The molecule has 0 unspecified atom stereocenters. The van der Waals surface area contributed by atoms with Crippen molar-refractivity contribution in [1.29, 1.82) is 0 Å². The highest BCUT2D eigenvalue weighted by atomic mass is 35.5. The third-order valence-electron chi connectivity index (χ3n) is 5.34. The molecule has 1 amide bonds. The summed E-state index contributed by atoms with van der Waals surface area (Å²) in [7, 11) is 1.76. The van der Waals surface area contributed by atoms with Crippen molar-refractivity contribution < 1.29 is 9.53 Å². The van der Waals surface area contributed by atoms with Crippen LogP contribution in [0.15, 0.2) is 42.5 Å². The molecule has 0 saturated carbocycles. The highest BCUT2D eigenvalue weighted by Gasteiger charge is 2.19. The first-order valence-electron chi connectivity index (χ1n) is 10.3. The molecule has 4 rings (SSSR count). The normalized spacial score (nSPS) is 14.0. The Balaban J connectivity index is 1.49. The van der Waals surface area contributed by atoms with Gasteiger partial charge in [0, 0.05) is 38.1 Å². The van der Waals surface area contributed by atoms with Gasteiger partial charge in [0.05, 0.1) is 23.9 Å². The Hall–Kier alpha value is -2.90. The number of aromatic nitrogens is 3. The maximum absolute atomic E-state index is 13.1. The van der Waals surface area contributed by atoms with Crippen molar-refractivity contribution in [3.05, 3.63) is 70.1 Å². The second-order valence-corrected chi connectivity index (χ2v) is 8.17. The van der Waals surface area contributed by atoms with E-state index in [1.165, 1.54) is 5.69 Å². The van der Waals surface area contributed by atoms with E-state index in [1.807, 2.05) is 19.9 Å². The van der Waals surface area contributed by atoms with E-state index in [0.717, 1.165) is 43.3 Å². The number of benzene rings is 1. The molecule has 1 saturated heterocycles. The van der Waals surface area contributed by atoms with E-state index >= 15 is 0 Å². The van der Waals surface area contributed by atoms with Crippen molar-refractivity contribution >= 4 is 23.2 Å². The molecule has 2 aromatic heterocycles. The third-order valence-corrected chi connectivity index (χ3v) is 5.64. The number of halogens is 1. The number of carbonyl (C=O) groups is 1. The molecule has 1 aliphatic heterocycles. The van der Waals surface area contributed by atoms with Crippen LogP contribution in [-0.4, -0.2) is 58.9 Å². The molecule has 1 aliphatic rings. The lowest BCUT2D eigenvalue weighted by molar-refractivity contribution is 0.0779. The molecule has 0 N–H and O–H groups in total. The first-order valence-corrected chi connectivity index (χ1v) is 10.7. The molecule has 3 heterocycles. The molecule has 7 nitrogen and oxygen atoms in total. The van der Waals surface area contributed by atoms with Crippen molar-refractivity contribution in [2.24, 2.45) is 0 Å². The molecule has 8 heteroatoms. The van der Waals surface area contributed by atoms with Crippen LogP contribution >= 0.6 is 11.6 Å². The second-order valence-electron chi connectivity index (χ2n) is 7.77. The maximum Gasteiger partial charge on any atom is 0.274 e. The summed E-state index contributed by atoms with van der Waals surface area (Å²) >= 11 is 6.32. The highest BCUT2D eigenvalue weighted by Crippen LogP contribution is 2.21. The summed E-state index contributed by atoms with van der Waals surface area (Å²) in [6.45, 7) is 7.63. The number of nitrogens with zero attached hydrogens (tertiary/aromatic N) is 5. The van der Waals surface area contributed by atoms with Crippen LogP contribution in [0.3, 0.4) is 0 Å². The number of hydrogen-bond acceptors (Lipinski definition) is 5. The van der Waals surface area contributed by atoms with Crippen LogP contribution in [0.25, 0.3) is 5.82 Å². The second kappa shape index (κ2) is 9.08. The Labute approximate surface area is 187 Å². The lowest BCUT2D eigenvalue weighted by Gasteiger charge is -2.29. The van der Waals surface area contributed by atoms with E-state index in [0.29, 0.717) is 17.4 Å². The Bertz CT molecular complexity index is 1070. The number of amides is 1. The lowest BCUT2D eigenvalue weighted by Crippen LogP contribution is -2.36. The number of rotatable bonds is 5. The molecule has 162 valence electrons. The van der Waals surface area contributed by atoms with Gasteiger partial charge in [0.2, 0.25) is 0 Å². The zero-order valence-corrected chi connectivity index (χ0v) is 18.8. The Morgan fingerprint density at radius 3 is 2.48 bits per heavy atom. The monoisotopic (exact) mass is 439 g/mol. The quantitative estimate of drug-likeness (QED) is 0.607. The van der Waals surface area contributed by atoms with Crippen molar-refractivity contribution in [1.82, 2.24) is 19.7 Å². The summed E-state index contributed by atoms with van der Waals surface area (Å²) < 4.78 is 7.13. The van der Waals surface area contributed by atoms with E-state index in [9.17, 15) is 4.79 Å². The predicted molar refractivity (Wildman–Crippen MR) is 121 cm³/mol. The van der Waals surface area contributed by atoms with Gasteiger partial charge < -0.3 is 14.5 Å². The van der Waals surface area contributed by atoms with E-state index < -0.39 is 0 Å². The fraction of sp³-hybridized carbons (Fsp3) is 0.348. The summed E-state index contributed by atoms with van der Waals surface area (Å²) in [6, 6.07) is 13.7. The van der Waals surface area contributed by atoms with Crippen LogP contribution in [-0.2, 0) is 11.3 Å². The Morgan fingerprint density at radius 1 is 1.13 bits per heavy atom. The first kappa shape index (κ1) is 21.3. The Kier molecular flexibility index (Phi) is 6.25. The van der Waals surface area contributed by atoms with Gasteiger partial charge in [-0.1, -0.05) is 23.7 Å². The number of pyridine rings is 1. The van der Waals surface area contributed by atoms with Gasteiger partial charge in [-0.25, -0.2) is 9.67 Å². The van der Waals surface area contributed by atoms with E-state index in [-0.39, 0.29) is 11.6 Å². The van der Waals surface area contributed by atoms with Crippen molar-refractivity contribution in [2.75, 3.05) is 38.3 Å². The largest absolute Gasteiger partial charge is 0.378 e. The smallest absolute Gasteiger partial charge is 0.274 e. The van der Waals surface area contributed by atoms with Crippen LogP contribution in [0.2, 0.25) is 5.02 Å². The number of anilines is 1. The molecule has 1 fully saturated rings. The summed E-state index contributed by atoms with van der Waals surface area (Å²) in [5.74, 6) is 0.340. The molecule has 0 radical (unpaired) electrons. The van der Waals surface area contributed by atoms with Gasteiger partial charge >= 0.3 is 0 Å². The number of carbonyl (C=O) groups excluding carboxylic acids is 1. The van der Waals surface area contributed by atoms with Crippen LogP contribution in [0.1, 0.15) is 27.4 Å². The van der Waals surface area contributed by atoms with Gasteiger partial charge in [-0.3, -0.25) is 4.79 Å². The van der Waals surface area contributed by atoms with Crippen molar-refractivity contribution in [2.45, 2.75) is 20.4 Å².